The van der Waals surface area contributed by atoms with Crippen LogP contribution < -0.4 is 11.3 Å². The SMILES string of the molecule is Cc1nc2cc(F)ccc2c(=O)n1CC1CCN(CC(N)=O)CC1. The highest BCUT2D eigenvalue weighted by Crippen LogP contribution is 2.19. The van der Waals surface area contributed by atoms with E-state index in [-0.39, 0.29) is 18.0 Å². The lowest BCUT2D eigenvalue weighted by Gasteiger charge is -2.31. The van der Waals surface area contributed by atoms with Crippen LogP contribution in [0.1, 0.15) is 18.7 Å². The molecular formula is C17H21FN4O2. The highest BCUT2D eigenvalue weighted by molar-refractivity contribution is 5.77. The lowest BCUT2D eigenvalue weighted by molar-refractivity contribution is -0.119. The van der Waals surface area contributed by atoms with Gasteiger partial charge in [-0.3, -0.25) is 19.1 Å². The third-order valence-electron chi connectivity index (χ3n) is 4.64. The number of carbonyl (C=O) groups is 1. The van der Waals surface area contributed by atoms with E-state index in [1.807, 2.05) is 4.90 Å². The summed E-state index contributed by atoms with van der Waals surface area (Å²) in [4.78, 5) is 30.1. The Hall–Kier alpha value is -2.28. The molecule has 0 radical (unpaired) electrons. The van der Waals surface area contributed by atoms with Crippen LogP contribution in [-0.4, -0.2) is 40.0 Å². The van der Waals surface area contributed by atoms with Crippen molar-refractivity contribution in [2.75, 3.05) is 19.6 Å². The van der Waals surface area contributed by atoms with Crippen LogP contribution in [0, 0.1) is 18.7 Å². The number of primary amides is 1. The van der Waals surface area contributed by atoms with Crippen molar-refractivity contribution in [2.45, 2.75) is 26.3 Å². The summed E-state index contributed by atoms with van der Waals surface area (Å²) in [5.74, 6) is 0.239. The molecule has 24 heavy (non-hydrogen) atoms. The summed E-state index contributed by atoms with van der Waals surface area (Å²) < 4.78 is 15.0. The number of amides is 1. The van der Waals surface area contributed by atoms with Crippen molar-refractivity contribution in [1.29, 1.82) is 0 Å². The molecule has 7 heteroatoms. The van der Waals surface area contributed by atoms with E-state index < -0.39 is 5.82 Å². The van der Waals surface area contributed by atoms with Crippen molar-refractivity contribution in [1.82, 2.24) is 14.5 Å². The van der Waals surface area contributed by atoms with Gasteiger partial charge in [0, 0.05) is 12.6 Å². The summed E-state index contributed by atoms with van der Waals surface area (Å²) in [5, 5.41) is 0.438. The van der Waals surface area contributed by atoms with Gasteiger partial charge in [-0.15, -0.1) is 0 Å². The quantitative estimate of drug-likeness (QED) is 0.907. The minimum absolute atomic E-state index is 0.128. The first-order valence-corrected chi connectivity index (χ1v) is 8.11. The molecule has 2 aromatic rings. The minimum Gasteiger partial charge on any atom is -0.369 e. The molecule has 6 nitrogen and oxygen atoms in total. The van der Waals surface area contributed by atoms with Gasteiger partial charge in [-0.2, -0.15) is 0 Å². The molecule has 3 rings (SSSR count). The van der Waals surface area contributed by atoms with Gasteiger partial charge in [0.25, 0.3) is 5.56 Å². The Morgan fingerprint density at radius 1 is 1.38 bits per heavy atom. The number of piperidine rings is 1. The van der Waals surface area contributed by atoms with Gasteiger partial charge in [0.2, 0.25) is 5.91 Å². The van der Waals surface area contributed by atoms with E-state index in [9.17, 15) is 14.0 Å². The van der Waals surface area contributed by atoms with Gasteiger partial charge in [-0.25, -0.2) is 9.37 Å². The average molecular weight is 332 g/mol. The highest BCUT2D eigenvalue weighted by atomic mass is 19.1. The second kappa shape index (κ2) is 6.68. The van der Waals surface area contributed by atoms with Crippen LogP contribution in [0.15, 0.2) is 23.0 Å². The van der Waals surface area contributed by atoms with E-state index in [0.29, 0.717) is 29.2 Å². The van der Waals surface area contributed by atoms with Crippen LogP contribution >= 0.6 is 0 Å². The summed E-state index contributed by atoms with van der Waals surface area (Å²) in [6.07, 6.45) is 1.81. The Bertz CT molecular complexity index is 825. The number of carbonyl (C=O) groups excluding carboxylic acids is 1. The van der Waals surface area contributed by atoms with Crippen LogP contribution in [0.5, 0.6) is 0 Å². The molecule has 0 unspecified atom stereocenters. The number of aryl methyl sites for hydroxylation is 1. The predicted octanol–water partition coefficient (Wildman–Crippen LogP) is 1.04. The number of aromatic nitrogens is 2. The number of hydrogen-bond acceptors (Lipinski definition) is 4. The first-order valence-electron chi connectivity index (χ1n) is 8.11. The Morgan fingerprint density at radius 3 is 2.75 bits per heavy atom. The zero-order valence-corrected chi connectivity index (χ0v) is 13.7. The molecule has 0 saturated carbocycles. The molecular weight excluding hydrogens is 311 g/mol. The number of nitrogens with zero attached hydrogens (tertiary/aromatic N) is 3. The number of nitrogens with two attached hydrogens (primary N) is 1. The number of fused-ring (bicyclic) bond motifs is 1. The lowest BCUT2D eigenvalue weighted by atomic mass is 9.96. The molecule has 2 N–H and O–H groups in total. The first-order chi connectivity index (χ1) is 11.4. The molecule has 0 atom stereocenters. The Kier molecular flexibility index (Phi) is 4.62. The summed E-state index contributed by atoms with van der Waals surface area (Å²) in [7, 11) is 0. The van der Waals surface area contributed by atoms with Crippen molar-refractivity contribution in [3.8, 4) is 0 Å². The maximum Gasteiger partial charge on any atom is 0.261 e. The van der Waals surface area contributed by atoms with Crippen LogP contribution in [0.4, 0.5) is 4.39 Å². The largest absolute Gasteiger partial charge is 0.369 e. The van der Waals surface area contributed by atoms with Crippen molar-refractivity contribution in [2.24, 2.45) is 11.7 Å². The van der Waals surface area contributed by atoms with E-state index in [4.69, 9.17) is 5.73 Å². The molecule has 1 aliphatic heterocycles. The van der Waals surface area contributed by atoms with E-state index in [0.717, 1.165) is 25.9 Å². The number of likely N-dealkylation sites (tertiary alicyclic amines) is 1. The zero-order valence-electron chi connectivity index (χ0n) is 13.7. The third kappa shape index (κ3) is 3.46. The molecule has 1 aromatic carbocycles. The van der Waals surface area contributed by atoms with Crippen LogP contribution in [0.2, 0.25) is 0 Å². The number of halogens is 1. The fraction of sp³-hybridized carbons (Fsp3) is 0.471. The fourth-order valence-corrected chi connectivity index (χ4v) is 3.33. The molecule has 1 aromatic heterocycles. The molecule has 2 heterocycles. The van der Waals surface area contributed by atoms with Crippen LogP contribution in [0.3, 0.4) is 0 Å². The van der Waals surface area contributed by atoms with Gasteiger partial charge in [-0.1, -0.05) is 0 Å². The molecule has 0 spiro atoms. The topological polar surface area (TPSA) is 81.2 Å². The van der Waals surface area contributed by atoms with Crippen LogP contribution in [-0.2, 0) is 11.3 Å². The molecule has 1 amide bonds. The lowest BCUT2D eigenvalue weighted by Crippen LogP contribution is -2.41. The Labute approximate surface area is 139 Å². The molecule has 1 fully saturated rings. The summed E-state index contributed by atoms with van der Waals surface area (Å²) in [6.45, 7) is 4.25. The van der Waals surface area contributed by atoms with Gasteiger partial charge >= 0.3 is 0 Å². The average Bonchev–Trinajstić information content (AvgIpc) is 2.52. The maximum atomic E-state index is 13.3. The van der Waals surface area contributed by atoms with E-state index in [1.165, 1.54) is 18.2 Å². The van der Waals surface area contributed by atoms with Crippen LogP contribution in [0.25, 0.3) is 10.9 Å². The molecule has 0 bridgehead atoms. The van der Waals surface area contributed by atoms with Gasteiger partial charge in [0.1, 0.15) is 11.6 Å². The number of hydrogen-bond donors (Lipinski definition) is 1. The summed E-state index contributed by atoms with van der Waals surface area (Å²) >= 11 is 0. The first kappa shape index (κ1) is 16.6. The number of rotatable bonds is 4. The van der Waals surface area contributed by atoms with Crippen molar-refractivity contribution in [3.63, 3.8) is 0 Å². The van der Waals surface area contributed by atoms with Crippen molar-refractivity contribution < 1.29 is 9.18 Å². The van der Waals surface area contributed by atoms with Gasteiger partial charge < -0.3 is 5.73 Å². The monoisotopic (exact) mass is 332 g/mol. The maximum absolute atomic E-state index is 13.3. The van der Waals surface area contributed by atoms with Gasteiger partial charge in [0.15, 0.2) is 0 Å². The third-order valence-corrected chi connectivity index (χ3v) is 4.64. The van der Waals surface area contributed by atoms with Crippen molar-refractivity contribution in [3.05, 3.63) is 40.2 Å². The molecule has 1 saturated heterocycles. The zero-order chi connectivity index (χ0) is 17.3. The van der Waals surface area contributed by atoms with Gasteiger partial charge in [0.05, 0.1) is 17.4 Å². The molecule has 0 aliphatic carbocycles. The summed E-state index contributed by atoms with van der Waals surface area (Å²) in [6, 6.07) is 4.06. The molecule has 1 aliphatic rings. The number of benzene rings is 1. The highest BCUT2D eigenvalue weighted by Gasteiger charge is 2.22. The fourth-order valence-electron chi connectivity index (χ4n) is 3.33. The normalized spacial score (nSPS) is 16.6. The summed E-state index contributed by atoms with van der Waals surface area (Å²) in [5.41, 5.74) is 5.49. The van der Waals surface area contributed by atoms with E-state index >= 15 is 0 Å². The van der Waals surface area contributed by atoms with E-state index in [1.54, 1.807) is 11.5 Å². The minimum atomic E-state index is -0.395. The Morgan fingerprint density at radius 2 is 2.08 bits per heavy atom. The predicted molar refractivity (Wildman–Crippen MR) is 89.1 cm³/mol. The smallest absolute Gasteiger partial charge is 0.261 e. The van der Waals surface area contributed by atoms with Gasteiger partial charge in [-0.05, 0) is 50.9 Å². The molecule has 128 valence electrons. The second-order valence-electron chi connectivity index (χ2n) is 6.42. The Balaban J connectivity index is 1.78. The van der Waals surface area contributed by atoms with E-state index in [2.05, 4.69) is 4.98 Å². The standard InChI is InChI=1S/C17H21FN4O2/c1-11-20-15-8-13(18)2-3-14(15)17(24)22(11)9-12-4-6-21(7-5-12)10-16(19)23/h2-3,8,12H,4-7,9-10H2,1H3,(H2,19,23). The second-order valence-corrected chi connectivity index (χ2v) is 6.42. The van der Waals surface area contributed by atoms with Crippen molar-refractivity contribution >= 4 is 16.8 Å².